The van der Waals surface area contributed by atoms with Crippen LogP contribution in [0.2, 0.25) is 0 Å². The first-order chi connectivity index (χ1) is 44.7. The van der Waals surface area contributed by atoms with Crippen molar-refractivity contribution in [2.45, 2.75) is 174 Å². The number of rotatable bonds is 24. The standard InChI is InChI=1S/C70H88N12O9S3/c1-43-31-54(78-79-61(43)77-65-75-52-15-12-13-16-56(52)93-65)58(85)53-23-22-50(51-33-72-82(46(51)4)41-69-36-67(8)35-68(9,37-69)39-70(38-67,40-69)91-29-26-80-24-27-90-28-25-80)63(74-53)94(88,89)30-14-10-11-17-57(84)76-60(66(5,6)7)64(87)81-34-49(83)32-55(81)62(86)73-44(2)47-18-20-48(21-19-47)59-45(3)71-42-92-59/h12-13,15-16,18-23,31,33,42,44,49,55,60,83H,10-11,14,17,24-30,32,34-41H2,1-9H3,(H,73,86)(H,76,84)(H,75,77,79)/t44-,49-,55+,60-,67?,68?,69?,70?/m1/s1. The molecule has 2 saturated heterocycles. The number of sulfone groups is 1. The lowest BCUT2D eigenvalue weighted by atomic mass is 9.39. The lowest BCUT2D eigenvalue weighted by Crippen LogP contribution is -2.64. The maximum atomic E-state index is 15.0. The number of aliphatic hydroxyl groups excluding tert-OH is 1. The van der Waals surface area contributed by atoms with Crippen LogP contribution in [0.3, 0.4) is 0 Å². The van der Waals surface area contributed by atoms with Gasteiger partial charge in [-0.3, -0.25) is 28.8 Å². The number of amides is 3. The lowest BCUT2D eigenvalue weighted by molar-refractivity contribution is -0.249. The number of aliphatic hydroxyl groups is 1. The van der Waals surface area contributed by atoms with Crippen LogP contribution in [-0.2, 0) is 40.2 Å². The van der Waals surface area contributed by atoms with Crippen molar-refractivity contribution in [2.24, 2.45) is 21.7 Å². The second kappa shape index (κ2) is 26.6. The molecule has 2 unspecified atom stereocenters. The molecule has 94 heavy (non-hydrogen) atoms. The molecule has 5 aromatic heterocycles. The number of thiazole rings is 2. The number of aryl methyl sites for hydroxylation is 2. The number of pyridine rings is 1. The third-order valence-electron chi connectivity index (χ3n) is 20.0. The smallest absolute Gasteiger partial charge is 0.246 e. The van der Waals surface area contributed by atoms with Gasteiger partial charge in [-0.1, -0.05) is 88.8 Å². The van der Waals surface area contributed by atoms with Crippen molar-refractivity contribution >= 4 is 77.2 Å². The number of β-amino-alcohol motifs (C(OH)–C–C–N with tert-alkyl or cyclic N) is 1. The van der Waals surface area contributed by atoms with E-state index in [1.54, 1.807) is 42.7 Å². The number of aromatic nitrogens is 7. The zero-order valence-corrected chi connectivity index (χ0v) is 57.9. The molecule has 21 nitrogen and oxygen atoms in total. The highest BCUT2D eigenvalue weighted by molar-refractivity contribution is 7.91. The van der Waals surface area contributed by atoms with Crippen LogP contribution in [0, 0.1) is 42.4 Å². The molecule has 7 aromatic rings. The van der Waals surface area contributed by atoms with Crippen LogP contribution in [0.25, 0.3) is 31.8 Å². The molecule has 2 aliphatic heterocycles. The Bertz CT molecular complexity index is 4050. The van der Waals surface area contributed by atoms with Gasteiger partial charge in [-0.2, -0.15) is 5.10 Å². The molecular weight excluding hydrogens is 1250 g/mol. The number of para-hydroxylation sites is 1. The fourth-order valence-corrected chi connectivity index (χ4v) is 19.7. The normalized spacial score (nSPS) is 24.4. The van der Waals surface area contributed by atoms with Crippen molar-refractivity contribution < 1.29 is 42.2 Å². The minimum Gasteiger partial charge on any atom is -0.391 e. The molecule has 24 heteroatoms. The zero-order valence-electron chi connectivity index (χ0n) is 55.4. The summed E-state index contributed by atoms with van der Waals surface area (Å²) in [6.45, 7) is 23.4. The Balaban J connectivity index is 0.732. The first-order valence-electron chi connectivity index (χ1n) is 33.0. The average Bonchev–Trinajstić information content (AvgIpc) is 0.715. The summed E-state index contributed by atoms with van der Waals surface area (Å²) in [4.78, 5) is 75.4. The fourth-order valence-electron chi connectivity index (χ4n) is 16.5. The van der Waals surface area contributed by atoms with Crippen LogP contribution in [0.4, 0.5) is 10.9 Å². The van der Waals surface area contributed by atoms with Crippen molar-refractivity contribution in [3.63, 3.8) is 0 Å². The topological polar surface area (TPSA) is 266 Å². The van der Waals surface area contributed by atoms with Crippen LogP contribution in [-0.4, -0.2) is 157 Å². The summed E-state index contributed by atoms with van der Waals surface area (Å²) >= 11 is 3.03. The van der Waals surface area contributed by atoms with Crippen LogP contribution >= 0.6 is 22.7 Å². The number of fused-ring (bicyclic) bond motifs is 1. The summed E-state index contributed by atoms with van der Waals surface area (Å²) in [5.41, 5.74) is 6.79. The summed E-state index contributed by atoms with van der Waals surface area (Å²) in [7, 11) is -4.23. The van der Waals surface area contributed by atoms with Gasteiger partial charge in [-0.25, -0.2) is 23.4 Å². The summed E-state index contributed by atoms with van der Waals surface area (Å²) < 4.78 is 45.7. The van der Waals surface area contributed by atoms with Gasteiger partial charge in [-0.15, -0.1) is 21.5 Å². The number of carbonyl (C=O) groups excluding carboxylic acids is 4. The van der Waals surface area contributed by atoms with Crippen LogP contribution in [0.5, 0.6) is 0 Å². The molecule has 6 fully saturated rings. The highest BCUT2D eigenvalue weighted by atomic mass is 32.2. The largest absolute Gasteiger partial charge is 0.391 e. The van der Waals surface area contributed by atoms with E-state index < -0.39 is 63.0 Å². The molecule has 6 aliphatic rings. The minimum atomic E-state index is -4.23. The Kier molecular flexibility index (Phi) is 19.0. The van der Waals surface area contributed by atoms with Gasteiger partial charge in [0.05, 0.1) is 75.8 Å². The summed E-state index contributed by atoms with van der Waals surface area (Å²) in [6.07, 6.45) is 7.86. The molecule has 2 aromatic carbocycles. The molecular formula is C70H88N12O9S3. The second-order valence-electron chi connectivity index (χ2n) is 29.2. The number of ether oxygens (including phenoxy) is 2. The van der Waals surface area contributed by atoms with Gasteiger partial charge in [0, 0.05) is 62.4 Å². The van der Waals surface area contributed by atoms with E-state index in [-0.39, 0.29) is 69.8 Å². The van der Waals surface area contributed by atoms with E-state index in [9.17, 15) is 32.7 Å². The van der Waals surface area contributed by atoms with Crippen LogP contribution in [0.1, 0.15) is 157 Å². The molecule has 6 atom stereocenters. The number of nitrogens with one attached hydrogen (secondary N) is 3. The van der Waals surface area contributed by atoms with Gasteiger partial charge >= 0.3 is 0 Å². The Morgan fingerprint density at radius 3 is 2.31 bits per heavy atom. The Labute approximate surface area is 558 Å². The second-order valence-corrected chi connectivity index (χ2v) is 33.1. The van der Waals surface area contributed by atoms with Gasteiger partial charge in [0.15, 0.2) is 25.8 Å². The molecule has 500 valence electrons. The quantitative estimate of drug-likeness (QED) is 0.0324. The summed E-state index contributed by atoms with van der Waals surface area (Å²) in [5, 5.41) is 34.1. The van der Waals surface area contributed by atoms with E-state index in [0.29, 0.717) is 53.6 Å². The number of unbranched alkanes of at least 4 members (excludes halogenated alkanes) is 2. The molecule has 3 amide bonds. The predicted octanol–water partition coefficient (Wildman–Crippen LogP) is 10.5. The Morgan fingerprint density at radius 1 is 0.862 bits per heavy atom. The number of benzene rings is 2. The van der Waals surface area contributed by atoms with E-state index in [1.807, 2.05) is 100 Å². The molecule has 7 heterocycles. The molecule has 4 aliphatic carbocycles. The monoisotopic (exact) mass is 1340 g/mol. The van der Waals surface area contributed by atoms with E-state index in [0.717, 1.165) is 109 Å². The maximum Gasteiger partial charge on any atom is 0.246 e. The Hall–Kier alpha value is -6.93. The SMILES string of the molecule is Cc1cc(C(=O)c2ccc(-c3cnn(CC45CC6(C)CC(C)(C4)CC(OCCN4CCOCC4)(C6)C5)c3C)c(S(=O)(=O)CCCCCC(=O)N[C@H](C(=O)N3C[C@H](O)C[C@H]3C(=O)N[C@H](C)c3ccc(-c4scnc4C)cc3)C(C)(C)C)n2)nnc1Nc1nc2ccccc2s1. The van der Waals surface area contributed by atoms with Gasteiger partial charge in [0.2, 0.25) is 23.5 Å². The number of hydrogen-bond acceptors (Lipinski definition) is 19. The molecule has 0 radical (unpaired) electrons. The van der Waals surface area contributed by atoms with E-state index in [1.165, 1.54) is 16.2 Å². The van der Waals surface area contributed by atoms with Crippen molar-refractivity contribution in [3.05, 3.63) is 112 Å². The molecule has 4 bridgehead atoms. The maximum absolute atomic E-state index is 15.0. The zero-order chi connectivity index (χ0) is 66.5. The molecule has 13 rings (SSSR count). The average molecular weight is 1340 g/mol. The van der Waals surface area contributed by atoms with Crippen molar-refractivity contribution in [1.82, 2.24) is 55.4 Å². The number of nitrogens with zero attached hydrogens (tertiary/aromatic N) is 9. The number of ketones is 1. The number of likely N-dealkylation sites (tertiary alicyclic amines) is 1. The highest BCUT2D eigenvalue weighted by Gasteiger charge is 2.66. The lowest BCUT2D eigenvalue weighted by Gasteiger charge is -2.69. The number of carbonyl (C=O) groups is 4. The molecule has 0 spiro atoms. The third kappa shape index (κ3) is 14.4. The highest BCUT2D eigenvalue weighted by Crippen LogP contribution is 2.72. The minimum absolute atomic E-state index is 0.00593. The van der Waals surface area contributed by atoms with Gasteiger partial charge in [-0.05, 0) is 148 Å². The van der Waals surface area contributed by atoms with Crippen LogP contribution < -0.4 is 16.0 Å². The summed E-state index contributed by atoms with van der Waals surface area (Å²) in [5.74, 6) is -1.81. The number of hydrogen-bond donors (Lipinski definition) is 4. The van der Waals surface area contributed by atoms with Crippen molar-refractivity contribution in [1.29, 1.82) is 0 Å². The van der Waals surface area contributed by atoms with Crippen molar-refractivity contribution in [3.8, 4) is 21.6 Å². The molecule has 4 N–H and O–H groups in total. The van der Waals surface area contributed by atoms with E-state index in [2.05, 4.69) is 54.9 Å². The van der Waals surface area contributed by atoms with Gasteiger partial charge in [0.25, 0.3) is 0 Å². The van der Waals surface area contributed by atoms with Crippen molar-refractivity contribution in [2.75, 3.05) is 57.1 Å². The van der Waals surface area contributed by atoms with Gasteiger partial charge < -0.3 is 35.4 Å². The Morgan fingerprint density at radius 2 is 1.61 bits per heavy atom. The third-order valence-corrected chi connectivity index (χ3v) is 23.6. The first-order valence-corrected chi connectivity index (χ1v) is 36.3. The molecule has 4 saturated carbocycles. The van der Waals surface area contributed by atoms with E-state index >= 15 is 0 Å². The van der Waals surface area contributed by atoms with Crippen LogP contribution in [0.15, 0.2) is 83.5 Å². The number of anilines is 2. The van der Waals surface area contributed by atoms with E-state index in [4.69, 9.17) is 19.6 Å². The summed E-state index contributed by atoms with van der Waals surface area (Å²) in [6, 6.07) is 18.1. The number of morpholine rings is 1. The fraction of sp³-hybridized carbons (Fsp3) is 0.543. The van der Waals surface area contributed by atoms with Gasteiger partial charge in [0.1, 0.15) is 23.5 Å². The predicted molar refractivity (Wildman–Crippen MR) is 362 cm³/mol. The first kappa shape index (κ1) is 67.1.